The van der Waals surface area contributed by atoms with Gasteiger partial charge in [0.2, 0.25) is 5.91 Å². The van der Waals surface area contributed by atoms with Crippen molar-refractivity contribution in [3.63, 3.8) is 0 Å². The molecule has 3 N–H and O–H groups in total. The third kappa shape index (κ3) is 1.66. The Morgan fingerprint density at radius 1 is 1.47 bits per heavy atom. The summed E-state index contributed by atoms with van der Waals surface area (Å²) in [6.45, 7) is 2.84. The average Bonchev–Trinajstić information content (AvgIpc) is 2.43. The zero-order valence-corrected chi connectivity index (χ0v) is 9.62. The molecule has 2 unspecified atom stereocenters. The maximum Gasteiger partial charge on any atom is 0.237 e. The number of carbonyl (C=O) groups is 1. The van der Waals surface area contributed by atoms with Crippen LogP contribution < -0.4 is 11.1 Å². The van der Waals surface area contributed by atoms with Gasteiger partial charge >= 0.3 is 0 Å². The molecule has 2 bridgehead atoms. The van der Waals surface area contributed by atoms with Crippen molar-refractivity contribution in [1.82, 2.24) is 10.2 Å². The van der Waals surface area contributed by atoms with Gasteiger partial charge in [-0.2, -0.15) is 0 Å². The van der Waals surface area contributed by atoms with Crippen molar-refractivity contribution in [2.45, 2.75) is 50.2 Å². The molecule has 0 saturated carbocycles. The lowest BCUT2D eigenvalue weighted by Gasteiger charge is -2.43. The number of nitrogens with one attached hydrogen (secondary N) is 1. The van der Waals surface area contributed by atoms with Crippen LogP contribution in [0.25, 0.3) is 0 Å². The lowest BCUT2D eigenvalue weighted by Crippen LogP contribution is -2.63. The second-order valence-electron chi connectivity index (χ2n) is 4.94. The van der Waals surface area contributed by atoms with E-state index in [1.54, 1.807) is 0 Å². The summed E-state index contributed by atoms with van der Waals surface area (Å²) < 4.78 is 0. The Morgan fingerprint density at radius 3 is 2.40 bits per heavy atom. The highest BCUT2D eigenvalue weighted by Crippen LogP contribution is 2.39. The van der Waals surface area contributed by atoms with Gasteiger partial charge in [0.05, 0.1) is 0 Å². The Morgan fingerprint density at radius 2 is 2.00 bits per heavy atom. The number of hydrogen-bond acceptors (Lipinski definition) is 3. The van der Waals surface area contributed by atoms with Crippen molar-refractivity contribution >= 4 is 5.91 Å². The van der Waals surface area contributed by atoms with E-state index in [4.69, 9.17) is 5.73 Å². The Kier molecular flexibility index (Phi) is 2.73. The van der Waals surface area contributed by atoms with E-state index in [9.17, 15) is 4.79 Å². The molecule has 1 amide bonds. The summed E-state index contributed by atoms with van der Waals surface area (Å²) in [5.74, 6) is -0.172. The van der Waals surface area contributed by atoms with Crippen molar-refractivity contribution in [3.05, 3.63) is 0 Å². The number of fused-ring (bicyclic) bond motifs is 2. The van der Waals surface area contributed by atoms with Gasteiger partial charge in [-0.3, -0.25) is 4.79 Å². The number of hydrogen-bond donors (Lipinski definition) is 2. The molecule has 2 aliphatic rings. The molecule has 0 aliphatic carbocycles. The number of likely N-dealkylation sites (N-methyl/N-ethyl adjacent to an activating group) is 1. The molecule has 0 aromatic heterocycles. The molecule has 0 aromatic carbocycles. The van der Waals surface area contributed by atoms with Gasteiger partial charge in [-0.25, -0.2) is 0 Å². The first-order chi connectivity index (χ1) is 7.09. The minimum atomic E-state index is -0.437. The second kappa shape index (κ2) is 3.76. The van der Waals surface area contributed by atoms with Crippen molar-refractivity contribution in [2.24, 2.45) is 5.73 Å². The van der Waals surface area contributed by atoms with Gasteiger partial charge in [-0.1, -0.05) is 6.92 Å². The molecule has 0 spiro atoms. The first kappa shape index (κ1) is 10.9. The van der Waals surface area contributed by atoms with Crippen molar-refractivity contribution in [1.29, 1.82) is 0 Å². The third-order valence-corrected chi connectivity index (χ3v) is 4.14. The molecule has 0 radical (unpaired) electrons. The highest BCUT2D eigenvalue weighted by Gasteiger charge is 2.49. The first-order valence-electron chi connectivity index (χ1n) is 5.86. The summed E-state index contributed by atoms with van der Waals surface area (Å²) in [7, 11) is 2.17. The van der Waals surface area contributed by atoms with E-state index >= 15 is 0 Å². The van der Waals surface area contributed by atoms with Gasteiger partial charge in [0.15, 0.2) is 0 Å². The van der Waals surface area contributed by atoms with Crippen LogP contribution in [-0.2, 0) is 4.79 Å². The fraction of sp³-hybridized carbons (Fsp3) is 0.909. The second-order valence-corrected chi connectivity index (χ2v) is 4.94. The van der Waals surface area contributed by atoms with Crippen LogP contribution in [0.3, 0.4) is 0 Å². The molecule has 2 heterocycles. The largest absolute Gasteiger partial charge is 0.368 e. The van der Waals surface area contributed by atoms with Gasteiger partial charge in [0.25, 0.3) is 0 Å². The predicted molar refractivity (Wildman–Crippen MR) is 59.4 cm³/mol. The van der Waals surface area contributed by atoms with Crippen LogP contribution in [0.1, 0.15) is 32.6 Å². The molecule has 2 fully saturated rings. The zero-order chi connectivity index (χ0) is 11.1. The maximum atomic E-state index is 11.6. The van der Waals surface area contributed by atoms with E-state index in [-0.39, 0.29) is 5.91 Å². The Labute approximate surface area is 91.2 Å². The molecule has 4 heteroatoms. The lowest BCUT2D eigenvalue weighted by molar-refractivity contribution is -0.127. The highest BCUT2D eigenvalue weighted by atomic mass is 16.1. The number of rotatable bonds is 3. The summed E-state index contributed by atoms with van der Waals surface area (Å²) in [4.78, 5) is 14.0. The lowest BCUT2D eigenvalue weighted by atomic mass is 9.82. The number of nitrogens with two attached hydrogens (primary N) is 1. The highest BCUT2D eigenvalue weighted by molar-refractivity contribution is 5.85. The van der Waals surface area contributed by atoms with Gasteiger partial charge in [-0.15, -0.1) is 0 Å². The molecule has 2 rings (SSSR count). The normalized spacial score (nSPS) is 40.7. The zero-order valence-electron chi connectivity index (χ0n) is 9.62. The summed E-state index contributed by atoms with van der Waals surface area (Å²) >= 11 is 0. The number of amides is 1. The number of carbonyl (C=O) groups excluding carboxylic acids is 1. The minimum Gasteiger partial charge on any atom is -0.368 e. The summed E-state index contributed by atoms with van der Waals surface area (Å²) in [5.41, 5.74) is 5.13. The van der Waals surface area contributed by atoms with Crippen LogP contribution in [0.15, 0.2) is 0 Å². The van der Waals surface area contributed by atoms with Crippen molar-refractivity contribution in [2.75, 3.05) is 13.6 Å². The van der Waals surface area contributed by atoms with Crippen molar-refractivity contribution < 1.29 is 4.79 Å². The SMILES string of the molecule is CCNC1(C(N)=O)CC2CCC(C1)N2C. The van der Waals surface area contributed by atoms with E-state index < -0.39 is 5.54 Å². The van der Waals surface area contributed by atoms with E-state index in [1.165, 1.54) is 12.8 Å². The number of primary amides is 1. The quantitative estimate of drug-likeness (QED) is 0.695. The van der Waals surface area contributed by atoms with E-state index in [1.807, 2.05) is 6.92 Å². The van der Waals surface area contributed by atoms with Gasteiger partial charge < -0.3 is 16.0 Å². The van der Waals surface area contributed by atoms with Crippen LogP contribution in [-0.4, -0.2) is 42.0 Å². The van der Waals surface area contributed by atoms with Crippen LogP contribution in [0, 0.1) is 0 Å². The Balaban J connectivity index is 2.19. The van der Waals surface area contributed by atoms with Crippen LogP contribution in [0.2, 0.25) is 0 Å². The van der Waals surface area contributed by atoms with Crippen LogP contribution in [0.5, 0.6) is 0 Å². The fourth-order valence-electron chi connectivity index (χ4n) is 3.24. The molecule has 2 aliphatic heterocycles. The predicted octanol–water partition coefficient (Wildman–Crippen LogP) is 0.0766. The number of piperidine rings is 1. The van der Waals surface area contributed by atoms with Gasteiger partial charge in [0, 0.05) is 12.1 Å². The van der Waals surface area contributed by atoms with Crippen molar-refractivity contribution in [3.8, 4) is 0 Å². The summed E-state index contributed by atoms with van der Waals surface area (Å²) in [6, 6.07) is 1.07. The molecule has 86 valence electrons. The van der Waals surface area contributed by atoms with Gasteiger partial charge in [-0.05, 0) is 39.3 Å². The van der Waals surface area contributed by atoms with Gasteiger partial charge in [0.1, 0.15) is 5.54 Å². The minimum absolute atomic E-state index is 0.172. The number of nitrogens with zero attached hydrogens (tertiary/aromatic N) is 1. The van der Waals surface area contributed by atoms with E-state index in [0.29, 0.717) is 12.1 Å². The molecule has 0 aromatic rings. The average molecular weight is 211 g/mol. The molecule has 2 atom stereocenters. The standard InChI is InChI=1S/C11H21N3O/c1-3-13-11(10(12)15)6-8-4-5-9(7-11)14(8)2/h8-9,13H,3-7H2,1-2H3,(H2,12,15). The van der Waals surface area contributed by atoms with Crippen LogP contribution in [0.4, 0.5) is 0 Å². The molecule has 15 heavy (non-hydrogen) atoms. The Bertz CT molecular complexity index is 253. The van der Waals surface area contributed by atoms with E-state index in [2.05, 4.69) is 17.3 Å². The molecule has 4 nitrogen and oxygen atoms in total. The van der Waals surface area contributed by atoms with Crippen LogP contribution >= 0.6 is 0 Å². The first-order valence-corrected chi connectivity index (χ1v) is 5.86. The molecule has 2 saturated heterocycles. The monoisotopic (exact) mass is 211 g/mol. The smallest absolute Gasteiger partial charge is 0.237 e. The topological polar surface area (TPSA) is 58.4 Å². The summed E-state index contributed by atoms with van der Waals surface area (Å²) in [5, 5.41) is 3.32. The Hall–Kier alpha value is -0.610. The van der Waals surface area contributed by atoms with E-state index in [0.717, 1.165) is 19.4 Å². The molecular formula is C11H21N3O. The fourth-order valence-corrected chi connectivity index (χ4v) is 3.24. The maximum absolute atomic E-state index is 11.6. The molecular weight excluding hydrogens is 190 g/mol. The third-order valence-electron chi connectivity index (χ3n) is 4.14. The summed E-state index contributed by atoms with van der Waals surface area (Å²) in [6.07, 6.45) is 4.18.